The molecule has 4 rings (SSSR count). The maximum absolute atomic E-state index is 13.5. The van der Waals surface area contributed by atoms with Crippen molar-refractivity contribution in [2.45, 2.75) is 39.0 Å². The van der Waals surface area contributed by atoms with E-state index in [9.17, 15) is 4.79 Å². The molecule has 2 heterocycles. The van der Waals surface area contributed by atoms with Gasteiger partial charge in [-0.1, -0.05) is 35.9 Å². The highest BCUT2D eigenvalue weighted by Gasteiger charge is 2.28. The van der Waals surface area contributed by atoms with Crippen LogP contribution in [0.2, 0.25) is 0 Å². The predicted molar refractivity (Wildman–Crippen MR) is 121 cm³/mol. The molecule has 2 aromatic carbocycles. The van der Waals surface area contributed by atoms with Crippen molar-refractivity contribution in [3.8, 4) is 5.75 Å². The van der Waals surface area contributed by atoms with E-state index < -0.39 is 0 Å². The lowest BCUT2D eigenvalue weighted by molar-refractivity contribution is 0.0550. The number of carbonyl (C=O) groups is 1. The molecule has 0 N–H and O–H groups in total. The van der Waals surface area contributed by atoms with Gasteiger partial charge in [0.2, 0.25) is 0 Å². The van der Waals surface area contributed by atoms with E-state index in [1.165, 1.54) is 5.56 Å². The molecular formula is C26H30N2O3. The van der Waals surface area contributed by atoms with Gasteiger partial charge in [-0.25, -0.2) is 0 Å². The Morgan fingerprint density at radius 3 is 2.65 bits per heavy atom. The first-order valence-corrected chi connectivity index (χ1v) is 10.9. The van der Waals surface area contributed by atoms with E-state index in [1.807, 2.05) is 53.4 Å². The Morgan fingerprint density at radius 2 is 1.90 bits per heavy atom. The zero-order valence-electron chi connectivity index (χ0n) is 18.3. The standard InChI is InChI=1S/C26H30N2O3/c1-20-6-3-7-21(16-20)19-31-24-9-4-8-22(17-24)26(29)28(18-25-10-5-15-30-25)23-11-13-27(2)14-12-23/h3-10,15-17,23H,11-14,18-19H2,1-2H3. The summed E-state index contributed by atoms with van der Waals surface area (Å²) in [4.78, 5) is 17.8. The van der Waals surface area contributed by atoms with Crippen LogP contribution in [0.15, 0.2) is 71.3 Å². The smallest absolute Gasteiger partial charge is 0.254 e. The largest absolute Gasteiger partial charge is 0.489 e. The molecular weight excluding hydrogens is 388 g/mol. The lowest BCUT2D eigenvalue weighted by Crippen LogP contribution is -2.46. The fourth-order valence-electron chi connectivity index (χ4n) is 4.10. The Hall–Kier alpha value is -3.05. The van der Waals surface area contributed by atoms with E-state index in [1.54, 1.807) is 6.26 Å². The number of furan rings is 1. The van der Waals surface area contributed by atoms with Crippen LogP contribution < -0.4 is 4.74 Å². The van der Waals surface area contributed by atoms with Gasteiger partial charge >= 0.3 is 0 Å². The number of aryl methyl sites for hydroxylation is 1. The summed E-state index contributed by atoms with van der Waals surface area (Å²) in [6.45, 7) is 5.01. The van der Waals surface area contributed by atoms with Crippen LogP contribution in [0.3, 0.4) is 0 Å². The maximum Gasteiger partial charge on any atom is 0.254 e. The van der Waals surface area contributed by atoms with Gasteiger partial charge in [0.15, 0.2) is 0 Å². The number of hydrogen-bond donors (Lipinski definition) is 0. The number of likely N-dealkylation sites (tertiary alicyclic amines) is 1. The van der Waals surface area contributed by atoms with Gasteiger partial charge in [-0.2, -0.15) is 0 Å². The van der Waals surface area contributed by atoms with Crippen molar-refractivity contribution in [3.05, 3.63) is 89.4 Å². The SMILES string of the molecule is Cc1cccc(COc2cccc(C(=O)N(Cc3ccco3)C3CCN(C)CC3)c2)c1. The highest BCUT2D eigenvalue weighted by molar-refractivity contribution is 5.94. The molecule has 1 aromatic heterocycles. The second-order valence-electron chi connectivity index (χ2n) is 8.35. The Bertz CT molecular complexity index is 991. The Morgan fingerprint density at radius 1 is 1.10 bits per heavy atom. The van der Waals surface area contributed by atoms with Crippen molar-refractivity contribution in [2.75, 3.05) is 20.1 Å². The van der Waals surface area contributed by atoms with Crippen LogP contribution in [-0.2, 0) is 13.2 Å². The number of benzene rings is 2. The summed E-state index contributed by atoms with van der Waals surface area (Å²) in [7, 11) is 2.13. The summed E-state index contributed by atoms with van der Waals surface area (Å²) < 4.78 is 11.5. The van der Waals surface area contributed by atoms with Crippen molar-refractivity contribution in [3.63, 3.8) is 0 Å². The molecule has 1 fully saturated rings. The van der Waals surface area contributed by atoms with E-state index in [4.69, 9.17) is 9.15 Å². The molecule has 5 heteroatoms. The van der Waals surface area contributed by atoms with E-state index in [-0.39, 0.29) is 11.9 Å². The lowest BCUT2D eigenvalue weighted by Gasteiger charge is -2.37. The summed E-state index contributed by atoms with van der Waals surface area (Å²) in [5.74, 6) is 1.53. The first-order chi connectivity index (χ1) is 15.1. The average Bonchev–Trinajstić information content (AvgIpc) is 3.30. The van der Waals surface area contributed by atoms with Gasteiger partial charge in [0, 0.05) is 11.6 Å². The van der Waals surface area contributed by atoms with Gasteiger partial charge in [0.1, 0.15) is 18.1 Å². The fourth-order valence-corrected chi connectivity index (χ4v) is 4.10. The Balaban J connectivity index is 1.50. The predicted octanol–water partition coefficient (Wildman–Crippen LogP) is 4.90. The van der Waals surface area contributed by atoms with Gasteiger partial charge in [-0.05, 0) is 75.8 Å². The number of piperidine rings is 1. The monoisotopic (exact) mass is 418 g/mol. The van der Waals surface area contributed by atoms with E-state index in [0.29, 0.717) is 24.5 Å². The zero-order chi connectivity index (χ0) is 21.6. The minimum atomic E-state index is 0.0203. The Kier molecular flexibility index (Phi) is 6.73. The van der Waals surface area contributed by atoms with Crippen LogP contribution in [-0.4, -0.2) is 41.9 Å². The zero-order valence-corrected chi connectivity index (χ0v) is 18.3. The summed E-state index contributed by atoms with van der Waals surface area (Å²) in [6, 6.07) is 19.8. The second-order valence-corrected chi connectivity index (χ2v) is 8.35. The normalized spacial score (nSPS) is 15.0. The van der Waals surface area contributed by atoms with Gasteiger partial charge < -0.3 is 19.0 Å². The molecule has 162 valence electrons. The molecule has 1 aliphatic rings. The quantitative estimate of drug-likeness (QED) is 0.547. The minimum Gasteiger partial charge on any atom is -0.489 e. The third kappa shape index (κ3) is 5.56. The van der Waals surface area contributed by atoms with Crippen LogP contribution in [0.5, 0.6) is 5.75 Å². The molecule has 0 unspecified atom stereocenters. The van der Waals surface area contributed by atoms with Gasteiger partial charge in [-0.15, -0.1) is 0 Å². The topological polar surface area (TPSA) is 45.9 Å². The number of hydrogen-bond acceptors (Lipinski definition) is 4. The first-order valence-electron chi connectivity index (χ1n) is 10.9. The second kappa shape index (κ2) is 9.84. The highest BCUT2D eigenvalue weighted by Crippen LogP contribution is 2.23. The minimum absolute atomic E-state index is 0.0203. The highest BCUT2D eigenvalue weighted by atomic mass is 16.5. The summed E-state index contributed by atoms with van der Waals surface area (Å²) in [5.41, 5.74) is 2.96. The molecule has 1 aliphatic heterocycles. The van der Waals surface area contributed by atoms with Gasteiger partial charge in [0.05, 0.1) is 12.8 Å². The molecule has 5 nitrogen and oxygen atoms in total. The van der Waals surface area contributed by atoms with Crippen LogP contribution in [0, 0.1) is 6.92 Å². The Labute approximate surface area is 184 Å². The molecule has 1 amide bonds. The number of rotatable bonds is 7. The van der Waals surface area contributed by atoms with E-state index >= 15 is 0 Å². The van der Waals surface area contributed by atoms with Crippen LogP contribution in [0.25, 0.3) is 0 Å². The van der Waals surface area contributed by atoms with Crippen LogP contribution in [0.1, 0.15) is 40.1 Å². The van der Waals surface area contributed by atoms with Crippen LogP contribution in [0.4, 0.5) is 0 Å². The molecule has 0 spiro atoms. The van der Waals surface area contributed by atoms with Crippen LogP contribution >= 0.6 is 0 Å². The molecule has 0 bridgehead atoms. The number of amides is 1. The third-order valence-corrected chi connectivity index (χ3v) is 5.86. The van der Waals surface area contributed by atoms with Crippen molar-refractivity contribution in [1.29, 1.82) is 0 Å². The lowest BCUT2D eigenvalue weighted by atomic mass is 10.0. The van der Waals surface area contributed by atoms with E-state index in [2.05, 4.69) is 31.0 Å². The molecule has 31 heavy (non-hydrogen) atoms. The maximum atomic E-state index is 13.5. The summed E-state index contributed by atoms with van der Waals surface area (Å²) in [5, 5.41) is 0. The number of nitrogens with zero attached hydrogens (tertiary/aromatic N) is 2. The third-order valence-electron chi connectivity index (χ3n) is 5.86. The molecule has 1 saturated heterocycles. The number of ether oxygens (including phenoxy) is 1. The van der Waals surface area contributed by atoms with Crippen molar-refractivity contribution in [1.82, 2.24) is 9.80 Å². The summed E-state index contributed by atoms with van der Waals surface area (Å²) in [6.07, 6.45) is 3.59. The number of carbonyl (C=O) groups excluding carboxylic acids is 1. The fraction of sp³-hybridized carbons (Fsp3) is 0.346. The van der Waals surface area contributed by atoms with Gasteiger partial charge in [0.25, 0.3) is 5.91 Å². The molecule has 0 saturated carbocycles. The van der Waals surface area contributed by atoms with Crippen molar-refractivity contribution in [2.24, 2.45) is 0 Å². The average molecular weight is 419 g/mol. The molecule has 0 aliphatic carbocycles. The van der Waals surface area contributed by atoms with Crippen molar-refractivity contribution >= 4 is 5.91 Å². The molecule has 3 aromatic rings. The van der Waals surface area contributed by atoms with Gasteiger partial charge in [-0.3, -0.25) is 4.79 Å². The molecule has 0 atom stereocenters. The van der Waals surface area contributed by atoms with Crippen molar-refractivity contribution < 1.29 is 13.9 Å². The molecule has 0 radical (unpaired) electrons. The first kappa shape index (κ1) is 21.2. The summed E-state index contributed by atoms with van der Waals surface area (Å²) >= 11 is 0. The van der Waals surface area contributed by atoms with E-state index in [0.717, 1.165) is 37.3 Å².